The Kier molecular flexibility index (Phi) is 7.80. The molecule has 34 heavy (non-hydrogen) atoms. The van der Waals surface area contributed by atoms with Gasteiger partial charge in [-0.1, -0.05) is 48.5 Å². The van der Waals surface area contributed by atoms with E-state index in [4.69, 9.17) is 14.6 Å². The number of rotatable bonds is 8. The van der Waals surface area contributed by atoms with Gasteiger partial charge in [-0.15, -0.1) is 0 Å². The fourth-order valence-corrected chi connectivity index (χ4v) is 4.67. The molecule has 1 saturated heterocycles. The summed E-state index contributed by atoms with van der Waals surface area (Å²) in [5.41, 5.74) is 4.43. The van der Waals surface area contributed by atoms with Gasteiger partial charge in [0.25, 0.3) is 0 Å². The molecule has 1 heterocycles. The molecule has 0 spiro atoms. The summed E-state index contributed by atoms with van der Waals surface area (Å²) in [6.07, 6.45) is 1.30. The molecule has 2 atom stereocenters. The molecule has 4 rings (SSSR count). The van der Waals surface area contributed by atoms with Crippen LogP contribution >= 0.6 is 0 Å². The Labute approximate surface area is 198 Å². The van der Waals surface area contributed by atoms with Crippen molar-refractivity contribution in [3.63, 3.8) is 0 Å². The highest BCUT2D eigenvalue weighted by molar-refractivity contribution is 5.86. The zero-order valence-corrected chi connectivity index (χ0v) is 19.0. The normalized spacial score (nSPS) is 18.2. The Morgan fingerprint density at radius 3 is 2.35 bits per heavy atom. The van der Waals surface area contributed by atoms with E-state index in [1.54, 1.807) is 0 Å². The molecular weight excluding hydrogens is 436 g/mol. The fraction of sp³-hybridized carbons (Fsp3) is 0.423. The summed E-state index contributed by atoms with van der Waals surface area (Å²) in [4.78, 5) is 36.6. The van der Waals surface area contributed by atoms with Crippen LogP contribution in [0.4, 0.5) is 4.79 Å². The van der Waals surface area contributed by atoms with Gasteiger partial charge in [0.1, 0.15) is 12.6 Å². The molecule has 3 N–H and O–H groups in total. The van der Waals surface area contributed by atoms with Crippen LogP contribution in [-0.4, -0.2) is 55.0 Å². The number of amides is 2. The van der Waals surface area contributed by atoms with Gasteiger partial charge in [0.2, 0.25) is 5.91 Å². The smallest absolute Gasteiger partial charge is 0.407 e. The number of aliphatic carboxylic acids is 1. The zero-order valence-electron chi connectivity index (χ0n) is 19.0. The Balaban J connectivity index is 1.38. The van der Waals surface area contributed by atoms with Crippen molar-refractivity contribution in [1.82, 2.24) is 10.6 Å². The Morgan fingerprint density at radius 2 is 1.68 bits per heavy atom. The van der Waals surface area contributed by atoms with E-state index in [-0.39, 0.29) is 31.4 Å². The van der Waals surface area contributed by atoms with Gasteiger partial charge in [0.15, 0.2) is 0 Å². The van der Waals surface area contributed by atoms with Crippen LogP contribution in [0.2, 0.25) is 0 Å². The van der Waals surface area contributed by atoms with Crippen LogP contribution in [0.15, 0.2) is 48.5 Å². The predicted molar refractivity (Wildman–Crippen MR) is 125 cm³/mol. The lowest BCUT2D eigenvalue weighted by atomic mass is 9.98. The number of ether oxygens (including phenoxy) is 2. The average Bonchev–Trinajstić information content (AvgIpc) is 2.95. The molecule has 0 bridgehead atoms. The van der Waals surface area contributed by atoms with Crippen LogP contribution < -0.4 is 10.6 Å². The largest absolute Gasteiger partial charge is 0.481 e. The summed E-state index contributed by atoms with van der Waals surface area (Å²) in [5.74, 6) is -1.54. The second kappa shape index (κ2) is 11.2. The average molecular weight is 467 g/mol. The minimum atomic E-state index is -1.03. The molecular formula is C26H30N2O6. The lowest BCUT2D eigenvalue weighted by Gasteiger charge is -2.22. The first-order valence-electron chi connectivity index (χ1n) is 11.7. The molecule has 8 heteroatoms. The van der Waals surface area contributed by atoms with E-state index >= 15 is 0 Å². The third kappa shape index (κ3) is 5.75. The van der Waals surface area contributed by atoms with E-state index in [9.17, 15) is 14.4 Å². The van der Waals surface area contributed by atoms with Crippen molar-refractivity contribution in [1.29, 1.82) is 0 Å². The van der Waals surface area contributed by atoms with E-state index < -0.39 is 24.0 Å². The van der Waals surface area contributed by atoms with Gasteiger partial charge in [-0.05, 0) is 47.9 Å². The topological polar surface area (TPSA) is 114 Å². The van der Waals surface area contributed by atoms with Crippen molar-refractivity contribution >= 4 is 18.0 Å². The Morgan fingerprint density at radius 1 is 1.00 bits per heavy atom. The molecule has 1 aliphatic heterocycles. The highest BCUT2D eigenvalue weighted by Crippen LogP contribution is 2.44. The SMILES string of the molecule is O=C(O)CCC(NC(=O)OCC1c2ccccc2-c2ccccc21)C(=O)NC1CCCOCC1. The van der Waals surface area contributed by atoms with E-state index in [2.05, 4.69) is 22.8 Å². The van der Waals surface area contributed by atoms with Crippen LogP contribution in [0.25, 0.3) is 11.1 Å². The lowest BCUT2D eigenvalue weighted by molar-refractivity contribution is -0.137. The minimum absolute atomic E-state index is 0.0193. The molecule has 0 radical (unpaired) electrons. The second-order valence-corrected chi connectivity index (χ2v) is 8.70. The number of nitrogens with one attached hydrogen (secondary N) is 2. The van der Waals surface area contributed by atoms with Crippen molar-refractivity contribution < 1.29 is 29.0 Å². The van der Waals surface area contributed by atoms with E-state index in [1.807, 2.05) is 36.4 Å². The van der Waals surface area contributed by atoms with Crippen LogP contribution in [0.1, 0.15) is 49.1 Å². The number of carboxylic acid groups (broad SMARTS) is 1. The molecule has 1 aliphatic carbocycles. The lowest BCUT2D eigenvalue weighted by Crippen LogP contribution is -2.50. The maximum atomic E-state index is 12.8. The number of carboxylic acids is 1. The third-order valence-corrected chi connectivity index (χ3v) is 6.40. The Bertz CT molecular complexity index is 986. The molecule has 2 amide bonds. The fourth-order valence-electron chi connectivity index (χ4n) is 4.67. The molecule has 1 fully saturated rings. The van der Waals surface area contributed by atoms with Crippen molar-refractivity contribution in [2.45, 2.75) is 50.1 Å². The number of carbonyl (C=O) groups is 3. The van der Waals surface area contributed by atoms with Gasteiger partial charge in [0, 0.05) is 31.6 Å². The second-order valence-electron chi connectivity index (χ2n) is 8.70. The monoisotopic (exact) mass is 466 g/mol. The van der Waals surface area contributed by atoms with Crippen LogP contribution in [0.3, 0.4) is 0 Å². The van der Waals surface area contributed by atoms with E-state index in [0.29, 0.717) is 19.6 Å². The molecule has 2 unspecified atom stereocenters. The standard InChI is InChI=1S/C26H30N2O6/c29-24(30)12-11-23(25(31)27-17-6-5-14-33-15-13-17)28-26(32)34-16-22-20-9-3-1-7-18(20)19-8-2-4-10-21(19)22/h1-4,7-10,17,22-23H,5-6,11-16H2,(H,27,31)(H,28,32)(H,29,30). The van der Waals surface area contributed by atoms with Crippen molar-refractivity contribution in [3.8, 4) is 11.1 Å². The molecule has 0 saturated carbocycles. The summed E-state index contributed by atoms with van der Waals surface area (Å²) in [6, 6.07) is 15.0. The molecule has 0 aromatic heterocycles. The van der Waals surface area contributed by atoms with Crippen LogP contribution in [0.5, 0.6) is 0 Å². The molecule has 8 nitrogen and oxygen atoms in total. The summed E-state index contributed by atoms with van der Waals surface area (Å²) >= 11 is 0. The Hall–Kier alpha value is -3.39. The number of alkyl carbamates (subject to hydrolysis) is 1. The third-order valence-electron chi connectivity index (χ3n) is 6.40. The van der Waals surface area contributed by atoms with Gasteiger partial charge >= 0.3 is 12.1 Å². The van der Waals surface area contributed by atoms with Gasteiger partial charge in [-0.25, -0.2) is 4.79 Å². The maximum absolute atomic E-state index is 12.8. The molecule has 180 valence electrons. The van der Waals surface area contributed by atoms with E-state index in [0.717, 1.165) is 35.1 Å². The van der Waals surface area contributed by atoms with Crippen LogP contribution in [0, 0.1) is 0 Å². The number of hydrogen-bond acceptors (Lipinski definition) is 5. The molecule has 2 aromatic rings. The number of benzene rings is 2. The molecule has 2 aliphatic rings. The van der Waals surface area contributed by atoms with Crippen LogP contribution in [-0.2, 0) is 19.1 Å². The van der Waals surface area contributed by atoms with Crippen molar-refractivity contribution in [3.05, 3.63) is 59.7 Å². The number of carbonyl (C=O) groups excluding carboxylic acids is 2. The van der Waals surface area contributed by atoms with Gasteiger partial charge < -0.3 is 25.2 Å². The van der Waals surface area contributed by atoms with Gasteiger partial charge in [0.05, 0.1) is 0 Å². The summed E-state index contributed by atoms with van der Waals surface area (Å²) < 4.78 is 11.0. The quantitative estimate of drug-likeness (QED) is 0.549. The first-order valence-corrected chi connectivity index (χ1v) is 11.7. The van der Waals surface area contributed by atoms with Crippen molar-refractivity contribution in [2.24, 2.45) is 0 Å². The minimum Gasteiger partial charge on any atom is -0.481 e. The zero-order chi connectivity index (χ0) is 23.9. The molecule has 2 aromatic carbocycles. The highest BCUT2D eigenvalue weighted by atomic mass is 16.5. The maximum Gasteiger partial charge on any atom is 0.407 e. The predicted octanol–water partition coefficient (Wildman–Crippen LogP) is 3.44. The first-order chi connectivity index (χ1) is 16.5. The summed E-state index contributed by atoms with van der Waals surface area (Å²) in [7, 11) is 0. The highest BCUT2D eigenvalue weighted by Gasteiger charge is 2.30. The summed E-state index contributed by atoms with van der Waals surface area (Å²) in [5, 5.41) is 14.6. The number of hydrogen-bond donors (Lipinski definition) is 3. The van der Waals surface area contributed by atoms with Gasteiger partial charge in [-0.3, -0.25) is 9.59 Å². The van der Waals surface area contributed by atoms with E-state index in [1.165, 1.54) is 0 Å². The first kappa shape index (κ1) is 23.8. The van der Waals surface area contributed by atoms with Gasteiger partial charge in [-0.2, -0.15) is 0 Å². The summed E-state index contributed by atoms with van der Waals surface area (Å²) in [6.45, 7) is 1.34. The van der Waals surface area contributed by atoms with Crippen molar-refractivity contribution in [2.75, 3.05) is 19.8 Å². The number of fused-ring (bicyclic) bond motifs is 3.